The molecule has 2 saturated carbocycles. The third kappa shape index (κ3) is 3.71. The van der Waals surface area contributed by atoms with Crippen molar-refractivity contribution in [1.82, 2.24) is 14.8 Å². The Morgan fingerprint density at radius 2 is 1.88 bits per heavy atom. The molecular weight excluding hydrogens is 367 g/mol. The summed E-state index contributed by atoms with van der Waals surface area (Å²) in [7, 11) is 0. The topological polar surface area (TPSA) is 59.8 Å². The normalized spacial score (nSPS) is 17.1. The molecule has 0 unspecified atom stereocenters. The Morgan fingerprint density at radius 3 is 2.50 bits per heavy atom. The molecule has 24 heavy (non-hydrogen) atoms. The molecule has 0 atom stereocenters. The van der Waals surface area contributed by atoms with Crippen LogP contribution in [0.25, 0.3) is 0 Å². The molecule has 1 aromatic carbocycles. The monoisotopic (exact) mass is 382 g/mol. The van der Waals surface area contributed by atoms with Gasteiger partial charge in [-0.05, 0) is 43.9 Å². The van der Waals surface area contributed by atoms with Gasteiger partial charge in [0.25, 0.3) is 0 Å². The number of carbonyl (C=O) groups excluding carboxylic acids is 1. The number of benzene rings is 1. The van der Waals surface area contributed by atoms with Gasteiger partial charge in [-0.2, -0.15) is 0 Å². The first-order valence-electron chi connectivity index (χ1n) is 7.93. The van der Waals surface area contributed by atoms with Crippen LogP contribution in [-0.2, 0) is 4.79 Å². The maximum atomic E-state index is 12.2. The van der Waals surface area contributed by atoms with Crippen molar-refractivity contribution in [3.63, 3.8) is 0 Å². The molecule has 2 fully saturated rings. The molecule has 1 amide bonds. The van der Waals surface area contributed by atoms with E-state index in [-0.39, 0.29) is 11.7 Å². The molecule has 1 N–H and O–H groups in total. The number of anilines is 1. The van der Waals surface area contributed by atoms with Gasteiger partial charge in [-0.25, -0.2) is 0 Å². The van der Waals surface area contributed by atoms with Crippen molar-refractivity contribution in [2.24, 2.45) is 0 Å². The highest BCUT2D eigenvalue weighted by Crippen LogP contribution is 2.45. The van der Waals surface area contributed by atoms with Gasteiger partial charge >= 0.3 is 0 Å². The van der Waals surface area contributed by atoms with Gasteiger partial charge in [0.15, 0.2) is 5.16 Å². The van der Waals surface area contributed by atoms with Crippen LogP contribution in [0.3, 0.4) is 0 Å². The summed E-state index contributed by atoms with van der Waals surface area (Å²) >= 11 is 13.3. The zero-order valence-corrected chi connectivity index (χ0v) is 15.2. The fraction of sp³-hybridized carbons (Fsp3) is 0.438. The van der Waals surface area contributed by atoms with Crippen molar-refractivity contribution >= 4 is 46.6 Å². The minimum Gasteiger partial charge on any atom is -0.325 e. The van der Waals surface area contributed by atoms with E-state index >= 15 is 0 Å². The van der Waals surface area contributed by atoms with Gasteiger partial charge in [-0.3, -0.25) is 4.79 Å². The second kappa shape index (κ2) is 6.58. The maximum Gasteiger partial charge on any atom is 0.234 e. The van der Waals surface area contributed by atoms with Crippen molar-refractivity contribution in [2.75, 3.05) is 11.1 Å². The number of nitrogens with one attached hydrogen (secondary N) is 1. The molecule has 0 bridgehead atoms. The van der Waals surface area contributed by atoms with Gasteiger partial charge in [0.1, 0.15) is 5.82 Å². The highest BCUT2D eigenvalue weighted by molar-refractivity contribution is 7.99. The van der Waals surface area contributed by atoms with Crippen LogP contribution in [0, 0.1) is 0 Å². The van der Waals surface area contributed by atoms with Crippen LogP contribution in [0.2, 0.25) is 10.0 Å². The number of rotatable bonds is 6. The second-order valence-electron chi connectivity index (χ2n) is 6.21. The van der Waals surface area contributed by atoms with E-state index in [1.54, 1.807) is 18.2 Å². The molecule has 2 aliphatic rings. The van der Waals surface area contributed by atoms with Crippen molar-refractivity contribution in [3.8, 4) is 0 Å². The van der Waals surface area contributed by atoms with Gasteiger partial charge in [-0.15, -0.1) is 10.2 Å². The standard InChI is InChI=1S/C16H16Cl2N4OS/c17-10-5-11(18)7-12(6-10)19-14(23)8-24-16-21-20-15(9-1-2-9)22(16)13-3-4-13/h5-7,9,13H,1-4,8H2,(H,19,23). The lowest BCUT2D eigenvalue weighted by atomic mass is 10.3. The first-order valence-corrected chi connectivity index (χ1v) is 9.68. The predicted octanol–water partition coefficient (Wildman–Crippen LogP) is 4.53. The van der Waals surface area contributed by atoms with Crippen LogP contribution in [0.15, 0.2) is 23.4 Å². The zero-order chi connectivity index (χ0) is 16.7. The summed E-state index contributed by atoms with van der Waals surface area (Å²) in [6.45, 7) is 0. The lowest BCUT2D eigenvalue weighted by Gasteiger charge is -2.09. The van der Waals surface area contributed by atoms with Gasteiger partial charge < -0.3 is 9.88 Å². The lowest BCUT2D eigenvalue weighted by Crippen LogP contribution is -2.14. The Balaban J connectivity index is 1.40. The Hall–Kier alpha value is -1.24. The first kappa shape index (κ1) is 16.2. The average Bonchev–Trinajstić information content (AvgIpc) is 3.42. The first-order chi connectivity index (χ1) is 11.6. The van der Waals surface area contributed by atoms with Crippen molar-refractivity contribution < 1.29 is 4.79 Å². The molecule has 1 aromatic heterocycles. The second-order valence-corrected chi connectivity index (χ2v) is 8.03. The molecular formula is C16H16Cl2N4OS. The average molecular weight is 383 g/mol. The Morgan fingerprint density at radius 1 is 1.17 bits per heavy atom. The third-order valence-electron chi connectivity index (χ3n) is 4.02. The van der Waals surface area contributed by atoms with Crippen LogP contribution in [0.4, 0.5) is 5.69 Å². The fourth-order valence-electron chi connectivity index (χ4n) is 2.64. The van der Waals surface area contributed by atoms with Crippen LogP contribution in [0.5, 0.6) is 0 Å². The summed E-state index contributed by atoms with van der Waals surface area (Å²) in [5.41, 5.74) is 0.598. The van der Waals surface area contributed by atoms with Crippen molar-refractivity contribution in [3.05, 3.63) is 34.1 Å². The third-order valence-corrected chi connectivity index (χ3v) is 5.40. The minimum absolute atomic E-state index is 0.114. The zero-order valence-electron chi connectivity index (χ0n) is 12.8. The van der Waals surface area contributed by atoms with E-state index < -0.39 is 0 Å². The van der Waals surface area contributed by atoms with Gasteiger partial charge in [0.2, 0.25) is 5.91 Å². The van der Waals surface area contributed by atoms with Crippen molar-refractivity contribution in [1.29, 1.82) is 0 Å². The summed E-state index contributed by atoms with van der Waals surface area (Å²) < 4.78 is 2.24. The Bertz CT molecular complexity index is 766. The molecule has 4 rings (SSSR count). The number of carbonyl (C=O) groups is 1. The van der Waals surface area contributed by atoms with Gasteiger partial charge in [-0.1, -0.05) is 35.0 Å². The number of halogens is 2. The molecule has 0 spiro atoms. The molecule has 126 valence electrons. The van der Waals surface area contributed by atoms with Crippen LogP contribution >= 0.6 is 35.0 Å². The Kier molecular flexibility index (Phi) is 4.45. The van der Waals surface area contributed by atoms with Gasteiger partial charge in [0, 0.05) is 27.7 Å². The summed E-state index contributed by atoms with van der Waals surface area (Å²) in [5, 5.41) is 13.3. The number of amides is 1. The largest absolute Gasteiger partial charge is 0.325 e. The van der Waals surface area contributed by atoms with Crippen LogP contribution in [0.1, 0.15) is 43.5 Å². The molecule has 0 radical (unpaired) electrons. The van der Waals surface area contributed by atoms with E-state index in [2.05, 4.69) is 20.1 Å². The predicted molar refractivity (Wildman–Crippen MR) is 96.1 cm³/mol. The summed E-state index contributed by atoms with van der Waals surface area (Å²) in [4.78, 5) is 12.2. The van der Waals surface area contributed by atoms with E-state index in [0.717, 1.165) is 11.0 Å². The minimum atomic E-state index is -0.114. The Labute approximate surface area is 154 Å². The van der Waals surface area contributed by atoms with E-state index in [9.17, 15) is 4.79 Å². The fourth-order valence-corrected chi connectivity index (χ4v) is 3.97. The van der Waals surface area contributed by atoms with Crippen LogP contribution in [-0.4, -0.2) is 26.4 Å². The molecule has 2 aliphatic carbocycles. The summed E-state index contributed by atoms with van der Waals surface area (Å²) in [5.74, 6) is 1.83. The van der Waals surface area contributed by atoms with E-state index in [0.29, 0.717) is 27.7 Å². The highest BCUT2D eigenvalue weighted by atomic mass is 35.5. The van der Waals surface area contributed by atoms with Crippen molar-refractivity contribution in [2.45, 2.75) is 42.8 Å². The molecule has 0 aliphatic heterocycles. The SMILES string of the molecule is O=C(CSc1nnc(C2CC2)n1C1CC1)Nc1cc(Cl)cc(Cl)c1. The van der Waals surface area contributed by atoms with E-state index in [1.807, 2.05) is 0 Å². The lowest BCUT2D eigenvalue weighted by molar-refractivity contribution is -0.113. The summed E-state index contributed by atoms with van der Waals surface area (Å²) in [6, 6.07) is 5.50. The molecule has 1 heterocycles. The van der Waals surface area contributed by atoms with Gasteiger partial charge in [0.05, 0.1) is 5.75 Å². The maximum absolute atomic E-state index is 12.2. The van der Waals surface area contributed by atoms with E-state index in [4.69, 9.17) is 23.2 Å². The highest BCUT2D eigenvalue weighted by Gasteiger charge is 2.36. The number of nitrogens with zero attached hydrogens (tertiary/aromatic N) is 3. The molecule has 8 heteroatoms. The smallest absolute Gasteiger partial charge is 0.234 e. The quantitative estimate of drug-likeness (QED) is 0.745. The van der Waals surface area contributed by atoms with E-state index in [1.165, 1.54) is 37.4 Å². The molecule has 2 aromatic rings. The number of hydrogen-bond donors (Lipinski definition) is 1. The number of hydrogen-bond acceptors (Lipinski definition) is 4. The number of aromatic nitrogens is 3. The molecule has 5 nitrogen and oxygen atoms in total. The molecule has 0 saturated heterocycles. The van der Waals surface area contributed by atoms with Crippen LogP contribution < -0.4 is 5.32 Å². The summed E-state index contributed by atoms with van der Waals surface area (Å²) in [6.07, 6.45) is 4.76. The number of thioether (sulfide) groups is 1.